The molecule has 156 valence electrons. The predicted molar refractivity (Wildman–Crippen MR) is 108 cm³/mol. The number of fused-ring (bicyclic) bond motifs is 1. The third-order valence-electron chi connectivity index (χ3n) is 5.19. The van der Waals surface area contributed by atoms with Gasteiger partial charge in [-0.1, -0.05) is 24.3 Å². The van der Waals surface area contributed by atoms with Crippen LogP contribution in [-0.2, 0) is 27.8 Å². The van der Waals surface area contributed by atoms with Crippen LogP contribution in [0.4, 0.5) is 4.39 Å². The van der Waals surface area contributed by atoms with E-state index in [1.165, 1.54) is 28.9 Å². The van der Waals surface area contributed by atoms with E-state index in [0.717, 1.165) is 23.2 Å². The standard InChI is InChI=1S/C21H20FN3O4S/c22-16-8-4-14(5-9-16)15-6-10-17(11-7-15)30(28,29)24-19-2-1-3-20-18(19)12-23-25(20)13-21(26)27/h4-12,19,24H,1-3,13H2,(H,26,27). The molecule has 0 bridgehead atoms. The fourth-order valence-electron chi connectivity index (χ4n) is 3.73. The molecule has 1 heterocycles. The van der Waals surface area contributed by atoms with Gasteiger partial charge in [0.05, 0.1) is 17.1 Å². The second-order valence-corrected chi connectivity index (χ2v) is 8.91. The van der Waals surface area contributed by atoms with Gasteiger partial charge in [-0.25, -0.2) is 17.5 Å². The Kier molecular flexibility index (Phi) is 5.40. The third-order valence-corrected chi connectivity index (χ3v) is 6.67. The lowest BCUT2D eigenvalue weighted by molar-refractivity contribution is -0.137. The molecule has 4 rings (SSSR count). The van der Waals surface area contributed by atoms with Crippen LogP contribution in [-0.4, -0.2) is 29.3 Å². The Morgan fingerprint density at radius 1 is 1.13 bits per heavy atom. The van der Waals surface area contributed by atoms with Crippen LogP contribution in [0.15, 0.2) is 59.6 Å². The zero-order valence-electron chi connectivity index (χ0n) is 16.0. The second kappa shape index (κ2) is 8.00. The minimum absolute atomic E-state index is 0.124. The number of hydrogen-bond donors (Lipinski definition) is 2. The molecular weight excluding hydrogens is 409 g/mol. The van der Waals surface area contributed by atoms with Crippen molar-refractivity contribution >= 4 is 16.0 Å². The number of hydrogen-bond acceptors (Lipinski definition) is 4. The lowest BCUT2D eigenvalue weighted by Gasteiger charge is -2.24. The molecule has 0 spiro atoms. The van der Waals surface area contributed by atoms with E-state index in [2.05, 4.69) is 9.82 Å². The molecule has 0 radical (unpaired) electrons. The minimum Gasteiger partial charge on any atom is -0.480 e. The van der Waals surface area contributed by atoms with Crippen LogP contribution >= 0.6 is 0 Å². The zero-order chi connectivity index (χ0) is 21.3. The van der Waals surface area contributed by atoms with Crippen molar-refractivity contribution in [2.24, 2.45) is 0 Å². The molecule has 1 aliphatic carbocycles. The fourth-order valence-corrected chi connectivity index (χ4v) is 4.98. The lowest BCUT2D eigenvalue weighted by atomic mass is 9.94. The van der Waals surface area contributed by atoms with Gasteiger partial charge in [0.25, 0.3) is 0 Å². The molecule has 0 saturated carbocycles. The van der Waals surface area contributed by atoms with E-state index in [4.69, 9.17) is 5.11 Å². The van der Waals surface area contributed by atoms with Crippen LogP contribution < -0.4 is 4.72 Å². The van der Waals surface area contributed by atoms with Crippen molar-refractivity contribution < 1.29 is 22.7 Å². The summed E-state index contributed by atoms with van der Waals surface area (Å²) >= 11 is 0. The number of aliphatic carboxylic acids is 1. The molecule has 1 aromatic heterocycles. The predicted octanol–water partition coefficient (Wildman–Crippen LogP) is 3.13. The van der Waals surface area contributed by atoms with Crippen molar-refractivity contribution in [3.8, 4) is 11.1 Å². The highest BCUT2D eigenvalue weighted by Crippen LogP contribution is 2.31. The number of aromatic nitrogens is 2. The molecule has 0 amide bonds. The van der Waals surface area contributed by atoms with Crippen molar-refractivity contribution in [2.45, 2.75) is 36.7 Å². The van der Waals surface area contributed by atoms with Crippen LogP contribution in [0.2, 0.25) is 0 Å². The molecule has 2 aromatic carbocycles. The van der Waals surface area contributed by atoms with Gasteiger partial charge in [0, 0.05) is 11.3 Å². The summed E-state index contributed by atoms with van der Waals surface area (Å²) in [5.74, 6) is -1.33. The third kappa shape index (κ3) is 4.12. The number of halogens is 1. The molecule has 1 unspecified atom stereocenters. The Balaban J connectivity index is 1.55. The summed E-state index contributed by atoms with van der Waals surface area (Å²) < 4.78 is 43.0. The maximum absolute atomic E-state index is 13.1. The van der Waals surface area contributed by atoms with Gasteiger partial charge in [0.15, 0.2) is 0 Å². The molecule has 1 aliphatic rings. The molecule has 0 fully saturated rings. The SMILES string of the molecule is O=C(O)Cn1ncc2c1CCCC2NS(=O)(=O)c1ccc(-c2ccc(F)cc2)cc1. The molecule has 30 heavy (non-hydrogen) atoms. The Hall–Kier alpha value is -3.04. The Morgan fingerprint density at radius 3 is 2.40 bits per heavy atom. The molecule has 0 saturated heterocycles. The number of benzene rings is 2. The van der Waals surface area contributed by atoms with E-state index in [1.807, 2.05) is 0 Å². The number of nitrogens with zero attached hydrogens (tertiary/aromatic N) is 2. The maximum atomic E-state index is 13.1. The van der Waals surface area contributed by atoms with E-state index in [-0.39, 0.29) is 17.3 Å². The number of nitrogens with one attached hydrogen (secondary N) is 1. The summed E-state index contributed by atoms with van der Waals surface area (Å²) in [5, 5.41) is 13.1. The first kappa shape index (κ1) is 20.2. The number of sulfonamides is 1. The van der Waals surface area contributed by atoms with Gasteiger partial charge in [-0.05, 0) is 54.7 Å². The van der Waals surface area contributed by atoms with Gasteiger partial charge >= 0.3 is 5.97 Å². The smallest absolute Gasteiger partial charge is 0.325 e. The van der Waals surface area contributed by atoms with E-state index < -0.39 is 22.0 Å². The summed E-state index contributed by atoms with van der Waals surface area (Å²) in [6.45, 7) is -0.250. The molecule has 2 N–H and O–H groups in total. The van der Waals surface area contributed by atoms with Crippen molar-refractivity contribution in [2.75, 3.05) is 0 Å². The largest absolute Gasteiger partial charge is 0.480 e. The first-order chi connectivity index (χ1) is 14.3. The van der Waals surface area contributed by atoms with Gasteiger partial charge in [-0.15, -0.1) is 0 Å². The highest BCUT2D eigenvalue weighted by molar-refractivity contribution is 7.89. The van der Waals surface area contributed by atoms with Crippen LogP contribution in [0.3, 0.4) is 0 Å². The Bertz CT molecular complexity index is 1170. The highest BCUT2D eigenvalue weighted by Gasteiger charge is 2.29. The zero-order valence-corrected chi connectivity index (χ0v) is 16.8. The van der Waals surface area contributed by atoms with Crippen LogP contribution in [0.25, 0.3) is 11.1 Å². The topological polar surface area (TPSA) is 101 Å². The number of carbonyl (C=O) groups is 1. The minimum atomic E-state index is -3.79. The molecule has 9 heteroatoms. The fraction of sp³-hybridized carbons (Fsp3) is 0.238. The molecule has 0 aliphatic heterocycles. The number of carboxylic acids is 1. The van der Waals surface area contributed by atoms with E-state index >= 15 is 0 Å². The summed E-state index contributed by atoms with van der Waals surface area (Å²) in [4.78, 5) is 11.1. The second-order valence-electron chi connectivity index (χ2n) is 7.20. The quantitative estimate of drug-likeness (QED) is 0.627. The summed E-state index contributed by atoms with van der Waals surface area (Å²) in [5.41, 5.74) is 3.04. The van der Waals surface area contributed by atoms with E-state index in [9.17, 15) is 17.6 Å². The van der Waals surface area contributed by atoms with Gasteiger partial charge in [-0.3, -0.25) is 9.48 Å². The molecular formula is C21H20FN3O4S. The lowest BCUT2D eigenvalue weighted by Crippen LogP contribution is -2.31. The Labute approximate surface area is 173 Å². The van der Waals surface area contributed by atoms with E-state index in [0.29, 0.717) is 18.4 Å². The van der Waals surface area contributed by atoms with Crippen LogP contribution in [0.5, 0.6) is 0 Å². The van der Waals surface area contributed by atoms with Gasteiger partial charge in [0.1, 0.15) is 12.4 Å². The molecule has 1 atom stereocenters. The van der Waals surface area contributed by atoms with Gasteiger partial charge in [-0.2, -0.15) is 5.10 Å². The van der Waals surface area contributed by atoms with Gasteiger partial charge in [0.2, 0.25) is 10.0 Å². The van der Waals surface area contributed by atoms with Crippen molar-refractivity contribution in [1.29, 1.82) is 0 Å². The van der Waals surface area contributed by atoms with Crippen molar-refractivity contribution in [3.05, 3.63) is 71.8 Å². The summed E-state index contributed by atoms with van der Waals surface area (Å²) in [7, 11) is -3.79. The summed E-state index contributed by atoms with van der Waals surface area (Å²) in [6.07, 6.45) is 3.54. The normalized spacial score (nSPS) is 16.2. The molecule has 7 nitrogen and oxygen atoms in total. The monoisotopic (exact) mass is 429 g/mol. The van der Waals surface area contributed by atoms with Crippen molar-refractivity contribution in [3.63, 3.8) is 0 Å². The maximum Gasteiger partial charge on any atom is 0.325 e. The van der Waals surface area contributed by atoms with Crippen molar-refractivity contribution in [1.82, 2.24) is 14.5 Å². The Morgan fingerprint density at radius 2 is 1.77 bits per heavy atom. The average Bonchev–Trinajstić information content (AvgIpc) is 3.12. The molecule has 3 aromatic rings. The first-order valence-corrected chi connectivity index (χ1v) is 11.0. The van der Waals surface area contributed by atoms with Crippen LogP contribution in [0.1, 0.15) is 30.1 Å². The van der Waals surface area contributed by atoms with E-state index in [1.54, 1.807) is 30.5 Å². The highest BCUT2D eigenvalue weighted by atomic mass is 32.2. The summed E-state index contributed by atoms with van der Waals surface area (Å²) in [6, 6.07) is 11.9. The van der Waals surface area contributed by atoms with Gasteiger partial charge < -0.3 is 5.11 Å². The number of carboxylic acid groups (broad SMARTS) is 1. The average molecular weight is 429 g/mol. The van der Waals surface area contributed by atoms with Crippen LogP contribution in [0, 0.1) is 5.82 Å². The number of rotatable bonds is 6. The first-order valence-electron chi connectivity index (χ1n) is 9.48.